The van der Waals surface area contributed by atoms with Crippen molar-refractivity contribution in [2.75, 3.05) is 23.8 Å². The van der Waals surface area contributed by atoms with E-state index in [2.05, 4.69) is 39.8 Å². The summed E-state index contributed by atoms with van der Waals surface area (Å²) >= 11 is 0. The van der Waals surface area contributed by atoms with Crippen LogP contribution < -0.4 is 21.3 Å². The Balaban J connectivity index is 2.20. The second-order valence-electron chi connectivity index (χ2n) is 5.10. The van der Waals surface area contributed by atoms with Crippen molar-refractivity contribution in [2.45, 2.75) is 20.3 Å². The van der Waals surface area contributed by atoms with Gasteiger partial charge in [-0.05, 0) is 5.92 Å². The molecule has 0 aromatic carbocycles. The van der Waals surface area contributed by atoms with E-state index in [4.69, 9.17) is 5.73 Å². The van der Waals surface area contributed by atoms with Crippen molar-refractivity contribution in [3.63, 3.8) is 0 Å². The monoisotopic (exact) mass is 243 g/mol. The molecule has 0 atom stereocenters. The van der Waals surface area contributed by atoms with Gasteiger partial charge in [-0.15, -0.1) is 0 Å². The van der Waals surface area contributed by atoms with Crippen molar-refractivity contribution in [3.05, 3.63) is 10.7 Å². The van der Waals surface area contributed by atoms with Gasteiger partial charge in [0.25, 0.3) is 0 Å². The number of anilines is 2. The zero-order valence-electron chi connectivity index (χ0n) is 10.7. The number of pyridine rings is 1. The van der Waals surface area contributed by atoms with E-state index in [0.29, 0.717) is 18.4 Å². The minimum absolute atomic E-state index is 0.517. The van der Waals surface area contributed by atoms with Gasteiger partial charge in [0, 0.05) is 19.2 Å². The Kier molecular flexibility index (Phi) is 2.54. The number of hydrogen-bond acceptors (Lipinski definition) is 5. The third-order valence-electron chi connectivity index (χ3n) is 3.11. The highest BCUT2D eigenvalue weighted by Gasteiger charge is 2.23. The summed E-state index contributed by atoms with van der Waals surface area (Å²) in [6.07, 6.45) is 4.79. The van der Waals surface area contributed by atoms with Gasteiger partial charge < -0.3 is 10.6 Å². The average molecular weight is 243 g/mol. The Hall–Kier alpha value is -1.91. The molecule has 2 aliphatic rings. The second kappa shape index (κ2) is 4.08. The highest BCUT2D eigenvalue weighted by molar-refractivity contribution is 5.81. The van der Waals surface area contributed by atoms with Gasteiger partial charge >= 0.3 is 0 Å². The van der Waals surface area contributed by atoms with Crippen molar-refractivity contribution >= 4 is 29.5 Å². The molecule has 3 heterocycles. The molecule has 0 fully saturated rings. The van der Waals surface area contributed by atoms with E-state index in [1.165, 1.54) is 0 Å². The van der Waals surface area contributed by atoms with Crippen LogP contribution in [0.3, 0.4) is 0 Å². The molecule has 5 nitrogen and oxygen atoms in total. The zero-order valence-corrected chi connectivity index (χ0v) is 10.7. The summed E-state index contributed by atoms with van der Waals surface area (Å²) in [7, 11) is 0. The average Bonchev–Trinajstić information content (AvgIpc) is 2.73. The lowest BCUT2D eigenvalue weighted by atomic mass is 10.1. The molecule has 1 aromatic rings. The van der Waals surface area contributed by atoms with Crippen LogP contribution in [0.15, 0.2) is 9.98 Å². The summed E-state index contributed by atoms with van der Waals surface area (Å²) < 4.78 is 0. The van der Waals surface area contributed by atoms with E-state index < -0.39 is 0 Å². The Morgan fingerprint density at radius 1 is 1.44 bits per heavy atom. The molecular formula is C13H17N5. The largest absolute Gasteiger partial charge is 0.382 e. The topological polar surface area (TPSA) is 66.9 Å². The number of nitrogens with two attached hydrogens (primary N) is 1. The van der Waals surface area contributed by atoms with Crippen molar-refractivity contribution in [2.24, 2.45) is 15.9 Å². The lowest BCUT2D eigenvalue weighted by Gasteiger charge is -2.22. The van der Waals surface area contributed by atoms with Crippen LogP contribution in [0.4, 0.5) is 17.2 Å². The summed E-state index contributed by atoms with van der Waals surface area (Å²) in [4.78, 5) is 15.6. The van der Waals surface area contributed by atoms with Crippen LogP contribution in [-0.4, -0.2) is 24.4 Å². The molecule has 5 heteroatoms. The van der Waals surface area contributed by atoms with Gasteiger partial charge in [-0.2, -0.15) is 0 Å². The van der Waals surface area contributed by atoms with E-state index >= 15 is 0 Å². The van der Waals surface area contributed by atoms with Gasteiger partial charge in [0.2, 0.25) is 0 Å². The minimum atomic E-state index is 0.517. The first kappa shape index (κ1) is 11.2. The minimum Gasteiger partial charge on any atom is -0.382 e. The molecule has 0 radical (unpaired) electrons. The number of aliphatic imine (C=N–C) groups is 1. The van der Waals surface area contributed by atoms with Crippen LogP contribution in [-0.2, 0) is 0 Å². The summed E-state index contributed by atoms with van der Waals surface area (Å²) in [5, 5.41) is 1.70. The molecule has 18 heavy (non-hydrogen) atoms. The molecule has 0 saturated heterocycles. The standard InChI is InChI=1S/C13H17N5/c1-8(2)6-18-7-16-11-12(18)10-9(17-13(11)14)4-3-5-15-10/h4-5,8H,3,6-7H2,1-2H3,(H2,14,17). The molecule has 94 valence electrons. The first-order chi connectivity index (χ1) is 8.66. The summed E-state index contributed by atoms with van der Waals surface area (Å²) in [5.74, 6) is 1.09. The van der Waals surface area contributed by atoms with Crippen LogP contribution in [0.25, 0.3) is 6.08 Å². The van der Waals surface area contributed by atoms with Gasteiger partial charge in [0.05, 0.1) is 11.0 Å². The quantitative estimate of drug-likeness (QED) is 0.827. The molecule has 1 aromatic heterocycles. The SMILES string of the molecule is CC(C)CN1CN=c2c(N)nc3c(c21)N=CCC=3. The van der Waals surface area contributed by atoms with E-state index in [-0.39, 0.29) is 0 Å². The van der Waals surface area contributed by atoms with Crippen LogP contribution >= 0.6 is 0 Å². The van der Waals surface area contributed by atoms with Crippen molar-refractivity contribution in [1.29, 1.82) is 0 Å². The molecule has 0 amide bonds. The highest BCUT2D eigenvalue weighted by atomic mass is 15.3. The number of rotatable bonds is 2. The van der Waals surface area contributed by atoms with Gasteiger partial charge in [-0.1, -0.05) is 19.9 Å². The number of nitrogen functional groups attached to an aromatic ring is 1. The Morgan fingerprint density at radius 2 is 2.28 bits per heavy atom. The van der Waals surface area contributed by atoms with Gasteiger partial charge in [-0.3, -0.25) is 9.98 Å². The lowest BCUT2D eigenvalue weighted by Crippen LogP contribution is -2.30. The van der Waals surface area contributed by atoms with Crippen molar-refractivity contribution in [3.8, 4) is 0 Å². The third kappa shape index (κ3) is 1.66. The predicted molar refractivity (Wildman–Crippen MR) is 73.7 cm³/mol. The fourth-order valence-corrected chi connectivity index (χ4v) is 2.44. The van der Waals surface area contributed by atoms with Gasteiger partial charge in [-0.25, -0.2) is 4.98 Å². The molecular weight excluding hydrogens is 226 g/mol. The van der Waals surface area contributed by atoms with Crippen LogP contribution in [0.5, 0.6) is 0 Å². The van der Waals surface area contributed by atoms with Crippen LogP contribution in [0.1, 0.15) is 20.3 Å². The number of fused-ring (bicyclic) bond motifs is 3. The zero-order chi connectivity index (χ0) is 12.7. The fraction of sp³-hybridized carbons (Fsp3) is 0.462. The third-order valence-corrected chi connectivity index (χ3v) is 3.11. The molecule has 0 unspecified atom stereocenters. The van der Waals surface area contributed by atoms with Crippen LogP contribution in [0.2, 0.25) is 0 Å². The number of nitrogens with zero attached hydrogens (tertiary/aromatic N) is 4. The summed E-state index contributed by atoms with van der Waals surface area (Å²) in [5.41, 5.74) is 7.96. The summed E-state index contributed by atoms with van der Waals surface area (Å²) in [6.45, 7) is 6.02. The van der Waals surface area contributed by atoms with E-state index in [0.717, 1.165) is 35.0 Å². The van der Waals surface area contributed by atoms with E-state index in [9.17, 15) is 0 Å². The Morgan fingerprint density at radius 3 is 3.06 bits per heavy atom. The summed E-state index contributed by atoms with van der Waals surface area (Å²) in [6, 6.07) is 0. The number of aromatic nitrogens is 1. The molecule has 3 rings (SSSR count). The molecule has 0 saturated carbocycles. The van der Waals surface area contributed by atoms with E-state index in [1.807, 2.05) is 6.21 Å². The molecule has 0 aliphatic carbocycles. The van der Waals surface area contributed by atoms with Gasteiger partial charge in [0.15, 0.2) is 5.82 Å². The normalized spacial score (nSPS) is 16.3. The predicted octanol–water partition coefficient (Wildman–Crippen LogP) is 0.603. The second-order valence-corrected chi connectivity index (χ2v) is 5.10. The maximum atomic E-state index is 5.99. The lowest BCUT2D eigenvalue weighted by molar-refractivity contribution is 0.622. The first-order valence-corrected chi connectivity index (χ1v) is 6.28. The Bertz CT molecular complexity index is 630. The molecule has 2 aliphatic heterocycles. The molecule has 0 bridgehead atoms. The molecule has 0 spiro atoms. The molecule has 2 N–H and O–H groups in total. The van der Waals surface area contributed by atoms with E-state index in [1.54, 1.807) is 0 Å². The fourth-order valence-electron chi connectivity index (χ4n) is 2.44. The smallest absolute Gasteiger partial charge is 0.151 e. The van der Waals surface area contributed by atoms with Crippen molar-refractivity contribution in [1.82, 2.24) is 4.98 Å². The maximum absolute atomic E-state index is 5.99. The highest BCUT2D eigenvalue weighted by Crippen LogP contribution is 2.26. The van der Waals surface area contributed by atoms with Gasteiger partial charge in [0.1, 0.15) is 17.7 Å². The maximum Gasteiger partial charge on any atom is 0.151 e. The number of hydrogen-bond donors (Lipinski definition) is 1. The van der Waals surface area contributed by atoms with Crippen molar-refractivity contribution < 1.29 is 0 Å². The first-order valence-electron chi connectivity index (χ1n) is 6.28. The Labute approximate surface area is 106 Å². The van der Waals surface area contributed by atoms with Crippen LogP contribution in [0, 0.1) is 5.92 Å².